The van der Waals surface area contributed by atoms with Gasteiger partial charge in [0.25, 0.3) is 5.91 Å². The fourth-order valence-electron chi connectivity index (χ4n) is 1.68. The first-order valence-electron chi connectivity index (χ1n) is 5.13. The zero-order valence-electron chi connectivity index (χ0n) is 8.45. The fraction of sp³-hybridized carbons (Fsp3) is 0.667. The van der Waals surface area contributed by atoms with Crippen molar-refractivity contribution >= 4 is 17.5 Å². The summed E-state index contributed by atoms with van der Waals surface area (Å²) in [6, 6.07) is 0. The van der Waals surface area contributed by atoms with Gasteiger partial charge in [-0.2, -0.15) is 5.10 Å². The van der Waals surface area contributed by atoms with Crippen molar-refractivity contribution in [3.63, 3.8) is 0 Å². The average Bonchev–Trinajstić information content (AvgIpc) is 2.30. The number of hydrogen-bond acceptors (Lipinski definition) is 4. The summed E-state index contributed by atoms with van der Waals surface area (Å²) in [5, 5.41) is 6.97. The Kier molecular flexibility index (Phi) is 2.96. The molecule has 1 fully saturated rings. The van der Waals surface area contributed by atoms with Crippen molar-refractivity contribution in [3.05, 3.63) is 0 Å². The molecule has 0 atom stereocenters. The van der Waals surface area contributed by atoms with E-state index in [-0.39, 0.29) is 11.8 Å². The highest BCUT2D eigenvalue weighted by Gasteiger charge is 2.24. The van der Waals surface area contributed by atoms with Crippen LogP contribution in [0.3, 0.4) is 0 Å². The van der Waals surface area contributed by atoms with Crippen molar-refractivity contribution in [1.82, 2.24) is 15.6 Å². The second-order valence-corrected chi connectivity index (χ2v) is 3.64. The third-order valence-electron chi connectivity index (χ3n) is 2.56. The quantitative estimate of drug-likeness (QED) is 0.564. The highest BCUT2D eigenvalue weighted by Crippen LogP contribution is 2.04. The molecule has 1 saturated heterocycles. The van der Waals surface area contributed by atoms with Gasteiger partial charge in [0.15, 0.2) is 0 Å². The van der Waals surface area contributed by atoms with Crippen molar-refractivity contribution in [2.24, 2.45) is 5.10 Å². The van der Waals surface area contributed by atoms with E-state index in [1.165, 1.54) is 0 Å². The van der Waals surface area contributed by atoms with E-state index in [2.05, 4.69) is 15.8 Å². The lowest BCUT2D eigenvalue weighted by Crippen LogP contribution is -2.49. The second-order valence-electron chi connectivity index (χ2n) is 3.64. The van der Waals surface area contributed by atoms with Crippen LogP contribution in [-0.4, -0.2) is 48.6 Å². The van der Waals surface area contributed by atoms with Gasteiger partial charge in [0.1, 0.15) is 5.71 Å². The maximum atomic E-state index is 11.9. The van der Waals surface area contributed by atoms with Crippen LogP contribution in [0.4, 0.5) is 0 Å². The van der Waals surface area contributed by atoms with E-state index < -0.39 is 0 Å². The topological polar surface area (TPSA) is 73.8 Å². The van der Waals surface area contributed by atoms with Gasteiger partial charge in [-0.15, -0.1) is 0 Å². The normalized spacial score (nSPS) is 22.0. The molecule has 2 rings (SSSR count). The van der Waals surface area contributed by atoms with E-state index in [9.17, 15) is 9.59 Å². The van der Waals surface area contributed by atoms with E-state index >= 15 is 0 Å². The molecular formula is C9H14N4O2. The van der Waals surface area contributed by atoms with E-state index in [1.807, 2.05) is 0 Å². The second kappa shape index (κ2) is 4.39. The van der Waals surface area contributed by atoms with Crippen LogP contribution in [0.1, 0.15) is 12.8 Å². The summed E-state index contributed by atoms with van der Waals surface area (Å²) in [7, 11) is 0. The third kappa shape index (κ3) is 2.33. The number of carbonyl (C=O) groups is 2. The lowest BCUT2D eigenvalue weighted by Gasteiger charge is -2.28. The number of hydrazone groups is 1. The van der Waals surface area contributed by atoms with Crippen molar-refractivity contribution in [1.29, 1.82) is 0 Å². The summed E-state index contributed by atoms with van der Waals surface area (Å²) in [5.74, 6) is -0.164. The first-order chi connectivity index (χ1) is 7.27. The van der Waals surface area contributed by atoms with Crippen molar-refractivity contribution in [2.45, 2.75) is 12.8 Å². The van der Waals surface area contributed by atoms with Gasteiger partial charge in [-0.25, -0.2) is 5.43 Å². The van der Waals surface area contributed by atoms with Crippen molar-refractivity contribution in [2.75, 3.05) is 26.2 Å². The maximum absolute atomic E-state index is 11.9. The minimum Gasteiger partial charge on any atom is -0.335 e. The molecule has 0 aromatic rings. The Morgan fingerprint density at radius 3 is 2.60 bits per heavy atom. The molecule has 6 heteroatoms. The van der Waals surface area contributed by atoms with Crippen molar-refractivity contribution in [3.8, 4) is 0 Å². The lowest BCUT2D eigenvalue weighted by atomic mass is 10.1. The molecule has 0 spiro atoms. The van der Waals surface area contributed by atoms with Gasteiger partial charge < -0.3 is 10.2 Å². The maximum Gasteiger partial charge on any atom is 0.270 e. The van der Waals surface area contributed by atoms with Crippen molar-refractivity contribution < 1.29 is 9.59 Å². The Bertz CT molecular complexity index is 307. The zero-order chi connectivity index (χ0) is 10.7. The van der Waals surface area contributed by atoms with Crippen LogP contribution in [0, 0.1) is 0 Å². The van der Waals surface area contributed by atoms with Crippen LogP contribution in [-0.2, 0) is 9.59 Å². The minimum absolute atomic E-state index is 0.0449. The van der Waals surface area contributed by atoms with Crippen LogP contribution in [0.2, 0.25) is 0 Å². The fourth-order valence-corrected chi connectivity index (χ4v) is 1.68. The molecule has 0 unspecified atom stereocenters. The lowest BCUT2D eigenvalue weighted by molar-refractivity contribution is -0.125. The highest BCUT2D eigenvalue weighted by molar-refractivity contribution is 6.39. The monoisotopic (exact) mass is 210 g/mol. The standard InChI is InChI=1S/C9H14N4O2/c14-8-2-1-7(11-12-8)9(15)13-5-3-10-4-6-13/h10H,1-6H2,(H,12,14). The molecule has 0 aromatic carbocycles. The van der Waals surface area contributed by atoms with Gasteiger partial charge in [0.05, 0.1) is 0 Å². The number of hydrogen-bond donors (Lipinski definition) is 2. The number of nitrogens with zero attached hydrogens (tertiary/aromatic N) is 2. The summed E-state index contributed by atoms with van der Waals surface area (Å²) in [4.78, 5) is 24.5. The summed E-state index contributed by atoms with van der Waals surface area (Å²) >= 11 is 0. The average molecular weight is 210 g/mol. The van der Waals surface area contributed by atoms with E-state index in [4.69, 9.17) is 0 Å². The first kappa shape index (κ1) is 10.1. The van der Waals surface area contributed by atoms with Crippen LogP contribution in [0.15, 0.2) is 5.10 Å². The molecule has 2 amide bonds. The molecule has 0 saturated carbocycles. The molecule has 2 N–H and O–H groups in total. The van der Waals surface area contributed by atoms with Gasteiger partial charge in [-0.05, 0) is 0 Å². The zero-order valence-corrected chi connectivity index (χ0v) is 8.45. The summed E-state index contributed by atoms with van der Waals surface area (Å²) in [5.41, 5.74) is 2.81. The number of piperazine rings is 1. The highest BCUT2D eigenvalue weighted by atomic mass is 16.2. The predicted octanol–water partition coefficient (Wildman–Crippen LogP) is -1.32. The van der Waals surface area contributed by atoms with Crippen LogP contribution < -0.4 is 10.7 Å². The summed E-state index contributed by atoms with van der Waals surface area (Å²) in [6.07, 6.45) is 0.811. The summed E-state index contributed by atoms with van der Waals surface area (Å²) in [6.45, 7) is 3.08. The van der Waals surface area contributed by atoms with E-state index in [0.29, 0.717) is 31.6 Å². The van der Waals surface area contributed by atoms with Gasteiger partial charge in [0.2, 0.25) is 5.91 Å². The molecule has 0 aromatic heterocycles. The minimum atomic E-state index is -0.119. The van der Waals surface area contributed by atoms with Gasteiger partial charge in [0, 0.05) is 39.0 Å². The van der Waals surface area contributed by atoms with Gasteiger partial charge in [-0.3, -0.25) is 9.59 Å². The number of carbonyl (C=O) groups excluding carboxylic acids is 2. The Morgan fingerprint density at radius 2 is 2.00 bits per heavy atom. The molecule has 0 bridgehead atoms. The molecule has 2 heterocycles. The number of amides is 2. The Morgan fingerprint density at radius 1 is 1.27 bits per heavy atom. The van der Waals surface area contributed by atoms with Crippen LogP contribution in [0.5, 0.6) is 0 Å². The van der Waals surface area contributed by atoms with Crippen LogP contribution in [0.25, 0.3) is 0 Å². The predicted molar refractivity (Wildman–Crippen MR) is 54.3 cm³/mol. The van der Waals surface area contributed by atoms with E-state index in [0.717, 1.165) is 13.1 Å². The summed E-state index contributed by atoms with van der Waals surface area (Å²) < 4.78 is 0. The van der Waals surface area contributed by atoms with Gasteiger partial charge >= 0.3 is 0 Å². The molecule has 15 heavy (non-hydrogen) atoms. The molecule has 2 aliphatic rings. The largest absolute Gasteiger partial charge is 0.335 e. The Balaban J connectivity index is 1.97. The molecule has 82 valence electrons. The molecule has 0 radical (unpaired) electrons. The third-order valence-corrected chi connectivity index (χ3v) is 2.56. The van der Waals surface area contributed by atoms with Gasteiger partial charge in [-0.1, -0.05) is 0 Å². The Labute approximate surface area is 87.7 Å². The number of nitrogens with one attached hydrogen (secondary N) is 2. The first-order valence-corrected chi connectivity index (χ1v) is 5.13. The molecule has 0 aliphatic carbocycles. The van der Waals surface area contributed by atoms with Crippen LogP contribution >= 0.6 is 0 Å². The molecule has 2 aliphatic heterocycles. The number of rotatable bonds is 1. The SMILES string of the molecule is O=C1CCC(C(=O)N2CCNCC2)=NN1. The smallest absolute Gasteiger partial charge is 0.270 e. The molecule has 6 nitrogen and oxygen atoms in total. The Hall–Kier alpha value is -1.43. The van der Waals surface area contributed by atoms with E-state index in [1.54, 1.807) is 4.90 Å². The molecular weight excluding hydrogens is 196 g/mol.